The topological polar surface area (TPSA) is 55.3 Å². The summed E-state index contributed by atoms with van der Waals surface area (Å²) in [6, 6.07) is 7.38. The maximum absolute atomic E-state index is 11.7. The van der Waals surface area contributed by atoms with Crippen LogP contribution in [0.2, 0.25) is 0 Å². The molecule has 2 aromatic rings. The molecule has 0 spiro atoms. The van der Waals surface area contributed by atoms with Crippen molar-refractivity contribution in [2.24, 2.45) is 0 Å². The zero-order valence-corrected chi connectivity index (χ0v) is 9.04. The van der Waals surface area contributed by atoms with Crippen molar-refractivity contribution in [3.63, 3.8) is 0 Å². The van der Waals surface area contributed by atoms with Gasteiger partial charge in [-0.05, 0) is 12.1 Å². The number of fused-ring (bicyclic) bond motifs is 1. The van der Waals surface area contributed by atoms with Crippen molar-refractivity contribution in [1.29, 1.82) is 0 Å². The number of aromatic nitrogens is 2. The average molecular weight is 217 g/mol. The second-order valence-corrected chi connectivity index (χ2v) is 3.23. The van der Waals surface area contributed by atoms with Crippen LogP contribution in [0.4, 0.5) is 0 Å². The third-order valence-electron chi connectivity index (χ3n) is 2.23. The monoisotopic (exact) mass is 217 g/mol. The van der Waals surface area contributed by atoms with Gasteiger partial charge in [0.1, 0.15) is 5.69 Å². The Balaban J connectivity index is 2.43. The molecule has 0 aliphatic rings. The molecule has 5 heteroatoms. The molecule has 1 amide bonds. The molecule has 0 N–H and O–H groups in total. The van der Waals surface area contributed by atoms with Crippen molar-refractivity contribution < 1.29 is 9.63 Å². The average Bonchev–Trinajstić information content (AvgIpc) is 2.36. The third-order valence-corrected chi connectivity index (χ3v) is 2.23. The van der Waals surface area contributed by atoms with Gasteiger partial charge in [-0.25, -0.2) is 10.0 Å². The lowest BCUT2D eigenvalue weighted by Crippen LogP contribution is -2.26. The van der Waals surface area contributed by atoms with Crippen molar-refractivity contribution in [1.82, 2.24) is 15.0 Å². The summed E-state index contributed by atoms with van der Waals surface area (Å²) in [6.45, 7) is 0. The molecule has 1 aromatic heterocycles. The smallest absolute Gasteiger partial charge is 0.274 e. The number of rotatable bonds is 2. The molecule has 1 heterocycles. The highest BCUT2D eigenvalue weighted by Crippen LogP contribution is 2.09. The van der Waals surface area contributed by atoms with Crippen LogP contribution in [0.25, 0.3) is 11.0 Å². The lowest BCUT2D eigenvalue weighted by Gasteiger charge is -2.12. The van der Waals surface area contributed by atoms with Gasteiger partial charge >= 0.3 is 0 Å². The van der Waals surface area contributed by atoms with Gasteiger partial charge in [0, 0.05) is 7.05 Å². The molecule has 82 valence electrons. The molecular formula is C11H11N3O2. The fourth-order valence-corrected chi connectivity index (χ4v) is 1.30. The minimum absolute atomic E-state index is 0.267. The van der Waals surface area contributed by atoms with Gasteiger partial charge in [0.15, 0.2) is 0 Å². The Bertz CT molecular complexity index is 527. The molecule has 0 saturated heterocycles. The minimum atomic E-state index is -0.319. The summed E-state index contributed by atoms with van der Waals surface area (Å²) in [5, 5.41) is 1.11. The van der Waals surface area contributed by atoms with E-state index in [0.29, 0.717) is 5.52 Å². The first kappa shape index (κ1) is 10.5. The summed E-state index contributed by atoms with van der Waals surface area (Å²) in [5.41, 5.74) is 1.72. The molecule has 1 aromatic carbocycles. The molecule has 2 rings (SSSR count). The maximum atomic E-state index is 11.7. The third kappa shape index (κ3) is 1.85. The fraction of sp³-hybridized carbons (Fsp3) is 0.182. The van der Waals surface area contributed by atoms with E-state index in [0.717, 1.165) is 10.6 Å². The Hall–Kier alpha value is -2.01. The summed E-state index contributed by atoms with van der Waals surface area (Å²) in [7, 11) is 2.95. The number of para-hydroxylation sites is 2. The molecule has 0 bridgehead atoms. The van der Waals surface area contributed by atoms with E-state index in [4.69, 9.17) is 4.84 Å². The number of hydrogen-bond acceptors (Lipinski definition) is 4. The van der Waals surface area contributed by atoms with Crippen molar-refractivity contribution in [2.75, 3.05) is 14.2 Å². The fourth-order valence-electron chi connectivity index (χ4n) is 1.30. The molecule has 5 nitrogen and oxygen atoms in total. The molecule has 0 atom stereocenters. The van der Waals surface area contributed by atoms with E-state index in [1.54, 1.807) is 0 Å². The van der Waals surface area contributed by atoms with E-state index in [1.807, 2.05) is 24.3 Å². The first-order chi connectivity index (χ1) is 7.72. The molecular weight excluding hydrogens is 206 g/mol. The Kier molecular flexibility index (Phi) is 2.78. The SMILES string of the molecule is CON(C)C(=O)c1cnc2ccccc2n1. The van der Waals surface area contributed by atoms with Crippen molar-refractivity contribution >= 4 is 16.9 Å². The van der Waals surface area contributed by atoms with Crippen LogP contribution in [-0.2, 0) is 4.84 Å². The summed E-state index contributed by atoms with van der Waals surface area (Å²) < 4.78 is 0. The minimum Gasteiger partial charge on any atom is -0.274 e. The van der Waals surface area contributed by atoms with Crippen LogP contribution in [0.3, 0.4) is 0 Å². The largest absolute Gasteiger partial charge is 0.297 e. The van der Waals surface area contributed by atoms with E-state index in [2.05, 4.69) is 9.97 Å². The highest BCUT2D eigenvalue weighted by atomic mass is 16.7. The van der Waals surface area contributed by atoms with E-state index in [-0.39, 0.29) is 11.6 Å². The predicted octanol–water partition coefficient (Wildman–Crippen LogP) is 1.26. The van der Waals surface area contributed by atoms with Gasteiger partial charge in [0.25, 0.3) is 5.91 Å². The van der Waals surface area contributed by atoms with Gasteiger partial charge in [-0.3, -0.25) is 14.6 Å². The van der Waals surface area contributed by atoms with Crippen LogP contribution in [0.1, 0.15) is 10.5 Å². The zero-order chi connectivity index (χ0) is 11.5. The Labute approximate surface area is 92.6 Å². The lowest BCUT2D eigenvalue weighted by molar-refractivity contribution is -0.0760. The van der Waals surface area contributed by atoms with E-state index in [1.165, 1.54) is 20.4 Å². The van der Waals surface area contributed by atoms with Gasteiger partial charge in [-0.2, -0.15) is 0 Å². The molecule has 0 fully saturated rings. The van der Waals surface area contributed by atoms with Gasteiger partial charge in [0.05, 0.1) is 24.3 Å². The molecule has 0 aliphatic heterocycles. The zero-order valence-electron chi connectivity index (χ0n) is 9.04. The van der Waals surface area contributed by atoms with Gasteiger partial charge in [0.2, 0.25) is 0 Å². The number of amides is 1. The number of benzene rings is 1. The summed E-state index contributed by atoms with van der Waals surface area (Å²) in [4.78, 5) is 24.9. The van der Waals surface area contributed by atoms with E-state index >= 15 is 0 Å². The molecule has 16 heavy (non-hydrogen) atoms. The standard InChI is InChI=1S/C11H11N3O2/c1-14(16-2)11(15)10-7-12-8-5-3-4-6-9(8)13-10/h3-7H,1-2H3. The van der Waals surface area contributed by atoms with Crippen LogP contribution in [-0.4, -0.2) is 35.1 Å². The summed E-state index contributed by atoms with van der Waals surface area (Å²) in [6.07, 6.45) is 1.44. The maximum Gasteiger partial charge on any atom is 0.297 e. The Morgan fingerprint density at radius 3 is 2.69 bits per heavy atom. The Morgan fingerprint density at radius 2 is 2.00 bits per heavy atom. The first-order valence-electron chi connectivity index (χ1n) is 4.76. The van der Waals surface area contributed by atoms with E-state index < -0.39 is 0 Å². The first-order valence-corrected chi connectivity index (χ1v) is 4.76. The predicted molar refractivity (Wildman–Crippen MR) is 58.6 cm³/mol. The molecule has 0 unspecified atom stereocenters. The van der Waals surface area contributed by atoms with Crippen LogP contribution in [0.5, 0.6) is 0 Å². The van der Waals surface area contributed by atoms with Crippen LogP contribution in [0.15, 0.2) is 30.5 Å². The number of carbonyl (C=O) groups is 1. The Morgan fingerprint density at radius 1 is 1.31 bits per heavy atom. The lowest BCUT2D eigenvalue weighted by atomic mass is 10.3. The quantitative estimate of drug-likeness (QED) is 0.711. The second kappa shape index (κ2) is 4.24. The van der Waals surface area contributed by atoms with Crippen LogP contribution < -0.4 is 0 Å². The number of hydrogen-bond donors (Lipinski definition) is 0. The van der Waals surface area contributed by atoms with Gasteiger partial charge in [-0.1, -0.05) is 12.1 Å². The van der Waals surface area contributed by atoms with Crippen LogP contribution >= 0.6 is 0 Å². The normalized spacial score (nSPS) is 10.4. The van der Waals surface area contributed by atoms with E-state index in [9.17, 15) is 4.79 Å². The van der Waals surface area contributed by atoms with Crippen molar-refractivity contribution in [3.8, 4) is 0 Å². The van der Waals surface area contributed by atoms with Gasteiger partial charge in [-0.15, -0.1) is 0 Å². The second-order valence-electron chi connectivity index (χ2n) is 3.23. The highest BCUT2D eigenvalue weighted by Gasteiger charge is 2.13. The summed E-state index contributed by atoms with van der Waals surface area (Å²) in [5.74, 6) is -0.319. The van der Waals surface area contributed by atoms with Crippen molar-refractivity contribution in [2.45, 2.75) is 0 Å². The van der Waals surface area contributed by atoms with Crippen molar-refractivity contribution in [3.05, 3.63) is 36.2 Å². The van der Waals surface area contributed by atoms with Gasteiger partial charge < -0.3 is 0 Å². The molecule has 0 aliphatic carbocycles. The molecule has 0 saturated carbocycles. The summed E-state index contributed by atoms with van der Waals surface area (Å²) >= 11 is 0. The number of carbonyl (C=O) groups excluding carboxylic acids is 1. The van der Waals surface area contributed by atoms with Crippen LogP contribution in [0, 0.1) is 0 Å². The molecule has 0 radical (unpaired) electrons. The number of nitrogens with zero attached hydrogens (tertiary/aromatic N) is 3. The number of hydroxylamine groups is 2. The highest BCUT2D eigenvalue weighted by molar-refractivity contribution is 5.92.